The van der Waals surface area contributed by atoms with Gasteiger partial charge in [-0.15, -0.1) is 0 Å². The summed E-state index contributed by atoms with van der Waals surface area (Å²) in [5.41, 5.74) is 1.33. The maximum atomic E-state index is 11.5. The van der Waals surface area contributed by atoms with Crippen LogP contribution in [0.3, 0.4) is 0 Å². The van der Waals surface area contributed by atoms with Gasteiger partial charge in [-0.25, -0.2) is 4.79 Å². The largest absolute Gasteiger partial charge is 0.465 e. The van der Waals surface area contributed by atoms with E-state index in [0.717, 1.165) is 31.2 Å². The molecule has 0 radical (unpaired) electrons. The van der Waals surface area contributed by atoms with Crippen LogP contribution in [0, 0.1) is 28.6 Å². The van der Waals surface area contributed by atoms with Crippen molar-refractivity contribution >= 4 is 6.47 Å². The molecule has 1 spiro atoms. The molecule has 2 unspecified atom stereocenters. The Bertz CT molecular complexity index is 904. The molecule has 30 heavy (non-hydrogen) atoms. The average molecular weight is 413 g/mol. The molecule has 5 fully saturated rings. The van der Waals surface area contributed by atoms with Gasteiger partial charge in [0.1, 0.15) is 11.7 Å². The average Bonchev–Trinajstić information content (AvgIpc) is 3.39. The molecule has 9 atom stereocenters. The zero-order chi connectivity index (χ0) is 20.7. The standard InChI is InChI=1S/C25H32O5/c1-23-9-7-17(29-14-26)11-16(23)4-5-19-18(23)8-10-24(2)20(12-21-25(19,24)30-21)15-3-6-22(27)28-13-15/h3,6,13-14,16-21H,4-5,7-12H2,1-2H3/t16-,17+,18?,19-,20?,21-,23+,24-,25-/m1/s1. The molecule has 162 valence electrons. The molecule has 0 bridgehead atoms. The van der Waals surface area contributed by atoms with Crippen molar-refractivity contribution in [2.24, 2.45) is 28.6 Å². The molecule has 4 saturated carbocycles. The van der Waals surface area contributed by atoms with E-state index >= 15 is 0 Å². The van der Waals surface area contributed by atoms with Crippen LogP contribution < -0.4 is 5.63 Å². The van der Waals surface area contributed by atoms with Gasteiger partial charge in [-0.1, -0.05) is 13.8 Å². The molecule has 5 nitrogen and oxygen atoms in total. The van der Waals surface area contributed by atoms with Crippen molar-refractivity contribution in [3.05, 3.63) is 34.4 Å². The lowest BCUT2D eigenvalue weighted by atomic mass is 9.44. The number of carbonyl (C=O) groups is 1. The van der Waals surface area contributed by atoms with E-state index in [1.807, 2.05) is 6.07 Å². The molecule has 5 aliphatic rings. The zero-order valence-electron chi connectivity index (χ0n) is 18.0. The van der Waals surface area contributed by atoms with Crippen LogP contribution in [-0.2, 0) is 14.3 Å². The van der Waals surface area contributed by atoms with E-state index in [9.17, 15) is 9.59 Å². The Morgan fingerprint density at radius 2 is 1.93 bits per heavy atom. The summed E-state index contributed by atoms with van der Waals surface area (Å²) < 4.78 is 17.2. The molecule has 1 aliphatic heterocycles. The van der Waals surface area contributed by atoms with E-state index in [-0.39, 0.29) is 22.7 Å². The van der Waals surface area contributed by atoms with Crippen molar-refractivity contribution < 1.29 is 18.7 Å². The second-order valence-corrected chi connectivity index (χ2v) is 11.2. The Morgan fingerprint density at radius 1 is 1.07 bits per heavy atom. The SMILES string of the molecule is C[C@]12CC[C@H](OC=O)C[C@H]1CC[C@@H]1C2CC[C@]2(C)C(c3ccc(=O)oc3)C[C@H]3O[C@]132. The van der Waals surface area contributed by atoms with E-state index < -0.39 is 0 Å². The lowest BCUT2D eigenvalue weighted by molar-refractivity contribution is -0.154. The predicted molar refractivity (Wildman–Crippen MR) is 110 cm³/mol. The highest BCUT2D eigenvalue weighted by atomic mass is 16.6. The fourth-order valence-corrected chi connectivity index (χ4v) is 8.92. The molecule has 2 heterocycles. The summed E-state index contributed by atoms with van der Waals surface area (Å²) in [5, 5.41) is 0. The van der Waals surface area contributed by atoms with Gasteiger partial charge in [0.05, 0.1) is 12.4 Å². The van der Waals surface area contributed by atoms with Crippen molar-refractivity contribution in [2.75, 3.05) is 0 Å². The van der Waals surface area contributed by atoms with Gasteiger partial charge in [-0.2, -0.15) is 0 Å². The maximum absolute atomic E-state index is 11.5. The van der Waals surface area contributed by atoms with E-state index in [0.29, 0.717) is 41.7 Å². The summed E-state index contributed by atoms with van der Waals surface area (Å²) in [7, 11) is 0. The maximum Gasteiger partial charge on any atom is 0.335 e. The first-order chi connectivity index (χ1) is 14.4. The highest BCUT2D eigenvalue weighted by molar-refractivity contribution is 5.38. The second-order valence-electron chi connectivity index (χ2n) is 11.2. The molecule has 6 rings (SSSR count). The normalized spacial score (nSPS) is 51.1. The Labute approximate surface area is 177 Å². The summed E-state index contributed by atoms with van der Waals surface area (Å²) >= 11 is 0. The number of rotatable bonds is 3. The van der Waals surface area contributed by atoms with Gasteiger partial charge in [0.15, 0.2) is 0 Å². The van der Waals surface area contributed by atoms with E-state index in [2.05, 4.69) is 13.8 Å². The van der Waals surface area contributed by atoms with Crippen LogP contribution in [0.2, 0.25) is 0 Å². The highest BCUT2D eigenvalue weighted by Crippen LogP contribution is 2.77. The fraction of sp³-hybridized carbons (Fsp3) is 0.760. The molecule has 1 aromatic rings. The lowest BCUT2D eigenvalue weighted by Gasteiger charge is -2.61. The summed E-state index contributed by atoms with van der Waals surface area (Å²) in [5.74, 6) is 2.37. The monoisotopic (exact) mass is 412 g/mol. The molecular weight excluding hydrogens is 380 g/mol. The number of hydrogen-bond acceptors (Lipinski definition) is 5. The molecule has 0 N–H and O–H groups in total. The second kappa shape index (κ2) is 6.21. The summed E-state index contributed by atoms with van der Waals surface area (Å²) in [6.45, 7) is 5.59. The van der Waals surface area contributed by atoms with Crippen molar-refractivity contribution in [1.29, 1.82) is 0 Å². The molecule has 5 heteroatoms. The molecule has 1 aromatic heterocycles. The number of fused-ring (bicyclic) bond motifs is 3. The smallest absolute Gasteiger partial charge is 0.335 e. The van der Waals surface area contributed by atoms with Gasteiger partial charge < -0.3 is 13.9 Å². The quantitative estimate of drug-likeness (QED) is 0.542. The zero-order valence-corrected chi connectivity index (χ0v) is 18.0. The first-order valence-corrected chi connectivity index (χ1v) is 11.8. The van der Waals surface area contributed by atoms with Gasteiger partial charge >= 0.3 is 5.63 Å². The van der Waals surface area contributed by atoms with Crippen LogP contribution in [0.25, 0.3) is 0 Å². The van der Waals surface area contributed by atoms with Crippen LogP contribution in [0.5, 0.6) is 0 Å². The van der Waals surface area contributed by atoms with Crippen LogP contribution in [0.4, 0.5) is 0 Å². The Kier molecular flexibility index (Phi) is 3.95. The summed E-state index contributed by atoms with van der Waals surface area (Å²) in [4.78, 5) is 22.3. The number of carbonyl (C=O) groups excluding carboxylic acids is 1. The lowest BCUT2D eigenvalue weighted by Crippen LogP contribution is -2.58. The fourth-order valence-electron chi connectivity index (χ4n) is 8.92. The molecule has 0 aromatic carbocycles. The van der Waals surface area contributed by atoms with E-state index in [1.54, 1.807) is 12.3 Å². The predicted octanol–water partition coefficient (Wildman–Crippen LogP) is 4.44. The third-order valence-corrected chi connectivity index (χ3v) is 10.4. The Hall–Kier alpha value is -1.62. The minimum atomic E-state index is -0.276. The molecule has 0 amide bonds. The third kappa shape index (κ3) is 2.28. The molecule has 1 saturated heterocycles. The first-order valence-electron chi connectivity index (χ1n) is 11.8. The van der Waals surface area contributed by atoms with Crippen molar-refractivity contribution in [2.45, 2.75) is 88.9 Å². The number of epoxide rings is 1. The van der Waals surface area contributed by atoms with Crippen molar-refractivity contribution in [3.8, 4) is 0 Å². The van der Waals surface area contributed by atoms with Crippen LogP contribution in [0.1, 0.15) is 76.7 Å². The minimum Gasteiger partial charge on any atom is -0.465 e. The highest BCUT2D eigenvalue weighted by Gasteiger charge is 2.80. The number of ether oxygens (including phenoxy) is 2. The number of hydrogen-bond donors (Lipinski definition) is 0. The van der Waals surface area contributed by atoms with Gasteiger partial charge in [0.25, 0.3) is 6.47 Å². The molecule has 4 aliphatic carbocycles. The van der Waals surface area contributed by atoms with Gasteiger partial charge in [0, 0.05) is 11.5 Å². The molecular formula is C25H32O5. The van der Waals surface area contributed by atoms with Crippen LogP contribution in [-0.4, -0.2) is 24.3 Å². The van der Waals surface area contributed by atoms with Crippen molar-refractivity contribution in [3.63, 3.8) is 0 Å². The summed E-state index contributed by atoms with van der Waals surface area (Å²) in [6.07, 6.45) is 11.2. The van der Waals surface area contributed by atoms with E-state index in [4.69, 9.17) is 13.9 Å². The van der Waals surface area contributed by atoms with E-state index in [1.165, 1.54) is 25.7 Å². The topological polar surface area (TPSA) is 69.0 Å². The van der Waals surface area contributed by atoms with Gasteiger partial charge in [-0.05, 0) is 92.1 Å². The Balaban J connectivity index is 1.30. The third-order valence-electron chi connectivity index (χ3n) is 10.4. The van der Waals surface area contributed by atoms with Gasteiger partial charge in [-0.3, -0.25) is 4.79 Å². The van der Waals surface area contributed by atoms with Crippen molar-refractivity contribution in [1.82, 2.24) is 0 Å². The van der Waals surface area contributed by atoms with Crippen LogP contribution in [0.15, 0.2) is 27.6 Å². The van der Waals surface area contributed by atoms with Crippen LogP contribution >= 0.6 is 0 Å². The minimum absolute atomic E-state index is 0.000838. The van der Waals surface area contributed by atoms with Gasteiger partial charge in [0.2, 0.25) is 0 Å². The first kappa shape index (κ1) is 19.1. The Morgan fingerprint density at radius 3 is 2.70 bits per heavy atom. The summed E-state index contributed by atoms with van der Waals surface area (Å²) in [6, 6.07) is 3.53.